The molecular weight excluding hydrogens is 330 g/mol. The molecule has 6 nitrogen and oxygen atoms in total. The summed E-state index contributed by atoms with van der Waals surface area (Å²) in [5.74, 6) is 1.38. The van der Waals surface area contributed by atoms with E-state index >= 15 is 0 Å². The van der Waals surface area contributed by atoms with Crippen LogP contribution in [0.4, 0.5) is 5.13 Å². The molecule has 3 aromatic rings. The molecule has 3 aromatic heterocycles. The van der Waals surface area contributed by atoms with Gasteiger partial charge in [0.15, 0.2) is 5.13 Å². The van der Waals surface area contributed by atoms with Crippen molar-refractivity contribution in [3.63, 3.8) is 0 Å². The van der Waals surface area contributed by atoms with E-state index in [1.54, 1.807) is 22.7 Å². The summed E-state index contributed by atoms with van der Waals surface area (Å²) in [7, 11) is 0. The SMILES string of the molecule is c1csc(-c2noc(CN3CCCN(c4nccs4)CC3)n2)c1. The summed E-state index contributed by atoms with van der Waals surface area (Å²) in [6.45, 7) is 4.77. The molecule has 0 N–H and O–H groups in total. The molecule has 0 aliphatic carbocycles. The first kappa shape index (κ1) is 14.8. The Morgan fingerprint density at radius 2 is 2.13 bits per heavy atom. The number of aromatic nitrogens is 3. The molecule has 1 aliphatic heterocycles. The van der Waals surface area contributed by atoms with E-state index < -0.39 is 0 Å². The fourth-order valence-corrected chi connectivity index (χ4v) is 4.05. The van der Waals surface area contributed by atoms with Gasteiger partial charge in [-0.1, -0.05) is 11.2 Å². The standard InChI is InChI=1S/C15H17N5OS2/c1-3-12(22-9-1)14-17-13(21-18-14)11-19-5-2-6-20(8-7-19)15-16-4-10-23-15/h1,3-4,9-10H,2,5-8,11H2. The van der Waals surface area contributed by atoms with Gasteiger partial charge in [-0.15, -0.1) is 22.7 Å². The second kappa shape index (κ2) is 6.77. The molecule has 1 fully saturated rings. The van der Waals surface area contributed by atoms with Crippen LogP contribution in [0.5, 0.6) is 0 Å². The summed E-state index contributed by atoms with van der Waals surface area (Å²) < 4.78 is 5.41. The predicted molar refractivity (Wildman–Crippen MR) is 91.8 cm³/mol. The first-order valence-corrected chi connectivity index (χ1v) is 9.38. The van der Waals surface area contributed by atoms with Crippen LogP contribution in [0, 0.1) is 0 Å². The second-order valence-electron chi connectivity index (χ2n) is 5.42. The smallest absolute Gasteiger partial charge is 0.241 e. The number of thiophene rings is 1. The number of nitrogens with zero attached hydrogens (tertiary/aromatic N) is 5. The van der Waals surface area contributed by atoms with E-state index in [1.807, 2.05) is 29.1 Å². The van der Waals surface area contributed by atoms with Crippen LogP contribution in [-0.2, 0) is 6.54 Å². The van der Waals surface area contributed by atoms with E-state index in [0.717, 1.165) is 42.6 Å². The van der Waals surface area contributed by atoms with Gasteiger partial charge in [0.25, 0.3) is 0 Å². The maximum absolute atomic E-state index is 5.41. The number of hydrogen-bond donors (Lipinski definition) is 0. The van der Waals surface area contributed by atoms with Crippen molar-refractivity contribution in [3.05, 3.63) is 35.0 Å². The third-order valence-electron chi connectivity index (χ3n) is 3.85. The molecule has 0 saturated carbocycles. The normalized spacial score (nSPS) is 16.6. The van der Waals surface area contributed by atoms with Crippen LogP contribution in [-0.4, -0.2) is 46.2 Å². The van der Waals surface area contributed by atoms with Gasteiger partial charge < -0.3 is 9.42 Å². The molecule has 1 saturated heterocycles. The molecule has 0 bridgehead atoms. The number of hydrogen-bond acceptors (Lipinski definition) is 8. The predicted octanol–water partition coefficient (Wildman–Crippen LogP) is 2.97. The van der Waals surface area contributed by atoms with Gasteiger partial charge in [0.05, 0.1) is 11.4 Å². The Labute approximate surface area is 142 Å². The highest BCUT2D eigenvalue weighted by atomic mass is 32.1. The van der Waals surface area contributed by atoms with Gasteiger partial charge in [-0.25, -0.2) is 4.98 Å². The van der Waals surface area contributed by atoms with Crippen molar-refractivity contribution in [2.75, 3.05) is 31.1 Å². The third kappa shape index (κ3) is 3.44. The first-order valence-electron chi connectivity index (χ1n) is 7.62. The topological polar surface area (TPSA) is 58.3 Å². The lowest BCUT2D eigenvalue weighted by Crippen LogP contribution is -2.30. The van der Waals surface area contributed by atoms with Crippen LogP contribution in [0.25, 0.3) is 10.7 Å². The third-order valence-corrected chi connectivity index (χ3v) is 5.54. The fourth-order valence-electron chi connectivity index (χ4n) is 2.71. The number of rotatable bonds is 4. The van der Waals surface area contributed by atoms with Crippen molar-refractivity contribution in [2.24, 2.45) is 0 Å². The highest BCUT2D eigenvalue weighted by Crippen LogP contribution is 2.22. The molecule has 0 atom stereocenters. The Morgan fingerprint density at radius 1 is 1.13 bits per heavy atom. The molecule has 1 aliphatic rings. The van der Waals surface area contributed by atoms with Crippen molar-refractivity contribution in [2.45, 2.75) is 13.0 Å². The van der Waals surface area contributed by atoms with E-state index in [9.17, 15) is 0 Å². The largest absolute Gasteiger partial charge is 0.347 e. The van der Waals surface area contributed by atoms with Gasteiger partial charge in [-0.2, -0.15) is 4.98 Å². The summed E-state index contributed by atoms with van der Waals surface area (Å²) in [5.41, 5.74) is 0. The number of thiazole rings is 1. The molecule has 23 heavy (non-hydrogen) atoms. The molecular formula is C15H17N5OS2. The van der Waals surface area contributed by atoms with Gasteiger partial charge in [-0.05, 0) is 17.9 Å². The lowest BCUT2D eigenvalue weighted by atomic mass is 10.4. The molecule has 0 unspecified atom stereocenters. The zero-order chi connectivity index (χ0) is 15.5. The van der Waals surface area contributed by atoms with E-state index in [0.29, 0.717) is 18.3 Å². The average Bonchev–Trinajstić information content (AvgIpc) is 3.29. The van der Waals surface area contributed by atoms with Gasteiger partial charge >= 0.3 is 0 Å². The van der Waals surface area contributed by atoms with E-state index in [4.69, 9.17) is 4.52 Å². The van der Waals surface area contributed by atoms with Crippen LogP contribution in [0.2, 0.25) is 0 Å². The Kier molecular flexibility index (Phi) is 4.36. The quantitative estimate of drug-likeness (QED) is 0.723. The highest BCUT2D eigenvalue weighted by molar-refractivity contribution is 7.13. The molecule has 4 rings (SSSR count). The molecule has 0 spiro atoms. The van der Waals surface area contributed by atoms with Gasteiger partial charge in [0.1, 0.15) is 0 Å². The van der Waals surface area contributed by atoms with E-state index in [1.165, 1.54) is 0 Å². The summed E-state index contributed by atoms with van der Waals surface area (Å²) >= 11 is 3.33. The van der Waals surface area contributed by atoms with Crippen molar-refractivity contribution < 1.29 is 4.52 Å². The minimum absolute atomic E-state index is 0.689. The van der Waals surface area contributed by atoms with Crippen LogP contribution < -0.4 is 4.90 Å². The Balaban J connectivity index is 1.38. The van der Waals surface area contributed by atoms with Gasteiger partial charge in [0, 0.05) is 37.8 Å². The van der Waals surface area contributed by atoms with Crippen molar-refractivity contribution in [3.8, 4) is 10.7 Å². The highest BCUT2D eigenvalue weighted by Gasteiger charge is 2.19. The summed E-state index contributed by atoms with van der Waals surface area (Å²) in [4.78, 5) is 14.7. The van der Waals surface area contributed by atoms with Crippen LogP contribution in [0.3, 0.4) is 0 Å². The van der Waals surface area contributed by atoms with Crippen molar-refractivity contribution in [1.82, 2.24) is 20.0 Å². The maximum atomic E-state index is 5.41. The summed E-state index contributed by atoms with van der Waals surface area (Å²) in [6.07, 6.45) is 2.98. The number of anilines is 1. The lowest BCUT2D eigenvalue weighted by Gasteiger charge is -2.20. The van der Waals surface area contributed by atoms with Crippen LogP contribution in [0.15, 0.2) is 33.6 Å². The van der Waals surface area contributed by atoms with Gasteiger partial charge in [0.2, 0.25) is 11.7 Å². The van der Waals surface area contributed by atoms with Crippen molar-refractivity contribution >= 4 is 27.8 Å². The maximum Gasteiger partial charge on any atom is 0.241 e. The Hall–Kier alpha value is -1.77. The average molecular weight is 347 g/mol. The Morgan fingerprint density at radius 3 is 2.96 bits per heavy atom. The lowest BCUT2D eigenvalue weighted by molar-refractivity contribution is 0.239. The molecule has 0 amide bonds. The molecule has 0 radical (unpaired) electrons. The van der Waals surface area contributed by atoms with E-state index in [2.05, 4.69) is 24.9 Å². The molecule has 120 valence electrons. The van der Waals surface area contributed by atoms with E-state index in [-0.39, 0.29) is 0 Å². The molecule has 0 aromatic carbocycles. The minimum Gasteiger partial charge on any atom is -0.347 e. The first-order chi connectivity index (χ1) is 11.4. The monoisotopic (exact) mass is 347 g/mol. The van der Waals surface area contributed by atoms with Crippen LogP contribution >= 0.6 is 22.7 Å². The molecule has 4 heterocycles. The van der Waals surface area contributed by atoms with Crippen molar-refractivity contribution in [1.29, 1.82) is 0 Å². The minimum atomic E-state index is 0.689. The molecule has 8 heteroatoms. The summed E-state index contributed by atoms with van der Waals surface area (Å²) in [6, 6.07) is 4.01. The van der Waals surface area contributed by atoms with Gasteiger partial charge in [-0.3, -0.25) is 4.90 Å². The zero-order valence-corrected chi connectivity index (χ0v) is 14.2. The Bertz CT molecular complexity index is 725. The van der Waals surface area contributed by atoms with Crippen LogP contribution in [0.1, 0.15) is 12.3 Å². The fraction of sp³-hybridized carbons (Fsp3) is 0.400. The second-order valence-corrected chi connectivity index (χ2v) is 7.24. The zero-order valence-electron chi connectivity index (χ0n) is 12.6. The summed E-state index contributed by atoms with van der Waals surface area (Å²) in [5, 5.41) is 9.25.